The summed E-state index contributed by atoms with van der Waals surface area (Å²) >= 11 is 0. The Morgan fingerprint density at radius 2 is 1.64 bits per heavy atom. The summed E-state index contributed by atoms with van der Waals surface area (Å²) in [6, 6.07) is 1.08. The lowest BCUT2D eigenvalue weighted by atomic mass is 9.75. The van der Waals surface area contributed by atoms with Gasteiger partial charge in [0.2, 0.25) is 0 Å². The normalized spacial score (nSPS) is 27.8. The predicted molar refractivity (Wildman–Crippen MR) is 108 cm³/mol. The van der Waals surface area contributed by atoms with Gasteiger partial charge >= 0.3 is 0 Å². The molecule has 2 heteroatoms. The fourth-order valence-corrected chi connectivity index (χ4v) is 4.81. The van der Waals surface area contributed by atoms with Crippen LogP contribution in [0.1, 0.15) is 103 Å². The van der Waals surface area contributed by atoms with E-state index in [2.05, 4.69) is 31.0 Å². The van der Waals surface area contributed by atoms with Gasteiger partial charge in [0.15, 0.2) is 0 Å². The molecule has 1 heterocycles. The quantitative estimate of drug-likeness (QED) is 0.323. The standard InChI is InChI=1S/C23H41NO/c1-3-4-5-6-7-8-9-10-11-12-13-16-20-19-23(25)21-17-14-15-18-22(21)24(20)2/h6-7,20-22H,3-5,8-19H2,1-2H3. The van der Waals surface area contributed by atoms with Crippen LogP contribution in [0.4, 0.5) is 0 Å². The molecule has 3 atom stereocenters. The van der Waals surface area contributed by atoms with Crippen molar-refractivity contribution < 1.29 is 4.79 Å². The highest BCUT2D eigenvalue weighted by Gasteiger charge is 2.40. The summed E-state index contributed by atoms with van der Waals surface area (Å²) in [7, 11) is 2.28. The Bertz CT molecular complexity index is 403. The number of rotatable bonds is 11. The van der Waals surface area contributed by atoms with E-state index in [9.17, 15) is 4.79 Å². The number of piperidine rings is 1. The van der Waals surface area contributed by atoms with E-state index in [1.807, 2.05) is 0 Å². The average Bonchev–Trinajstić information content (AvgIpc) is 2.63. The second kappa shape index (κ2) is 11.9. The van der Waals surface area contributed by atoms with Gasteiger partial charge in [-0.25, -0.2) is 0 Å². The molecule has 2 aliphatic rings. The van der Waals surface area contributed by atoms with Gasteiger partial charge in [0, 0.05) is 24.4 Å². The van der Waals surface area contributed by atoms with Crippen LogP contribution >= 0.6 is 0 Å². The van der Waals surface area contributed by atoms with E-state index in [1.54, 1.807) is 0 Å². The highest BCUT2D eigenvalue weighted by atomic mass is 16.1. The van der Waals surface area contributed by atoms with E-state index in [-0.39, 0.29) is 0 Å². The van der Waals surface area contributed by atoms with E-state index < -0.39 is 0 Å². The first-order valence-corrected chi connectivity index (χ1v) is 11.1. The number of likely N-dealkylation sites (tertiary alicyclic amines) is 1. The van der Waals surface area contributed by atoms with Gasteiger partial charge in [-0.15, -0.1) is 0 Å². The highest BCUT2D eigenvalue weighted by Crippen LogP contribution is 2.36. The minimum absolute atomic E-state index is 0.361. The molecule has 0 aromatic heterocycles. The molecular weight excluding hydrogens is 306 g/mol. The summed E-state index contributed by atoms with van der Waals surface area (Å²) in [5.74, 6) is 0.933. The molecule has 2 nitrogen and oxygen atoms in total. The first-order chi connectivity index (χ1) is 12.2. The molecule has 0 amide bonds. The van der Waals surface area contributed by atoms with E-state index in [0.29, 0.717) is 23.8 Å². The number of ketones is 1. The first-order valence-electron chi connectivity index (χ1n) is 11.1. The number of unbranched alkanes of at least 4 members (excludes halogenated alkanes) is 7. The molecule has 0 aromatic rings. The molecule has 1 saturated carbocycles. The van der Waals surface area contributed by atoms with Crippen molar-refractivity contribution in [2.75, 3.05) is 7.05 Å². The summed E-state index contributed by atoms with van der Waals surface area (Å²) < 4.78 is 0. The third-order valence-electron chi connectivity index (χ3n) is 6.48. The smallest absolute Gasteiger partial charge is 0.139 e. The van der Waals surface area contributed by atoms with E-state index >= 15 is 0 Å². The molecule has 3 unspecified atom stereocenters. The molecule has 0 radical (unpaired) electrons. The number of allylic oxidation sites excluding steroid dienone is 2. The van der Waals surface area contributed by atoms with Crippen molar-refractivity contribution in [1.82, 2.24) is 4.90 Å². The first kappa shape index (κ1) is 20.7. The van der Waals surface area contributed by atoms with E-state index in [1.165, 1.54) is 83.5 Å². The molecule has 0 aromatic carbocycles. The van der Waals surface area contributed by atoms with Crippen LogP contribution < -0.4 is 0 Å². The zero-order valence-corrected chi connectivity index (χ0v) is 16.8. The van der Waals surface area contributed by atoms with Crippen molar-refractivity contribution in [3.63, 3.8) is 0 Å². The van der Waals surface area contributed by atoms with Crippen LogP contribution in [0.5, 0.6) is 0 Å². The van der Waals surface area contributed by atoms with Crippen LogP contribution in [0.25, 0.3) is 0 Å². The summed E-state index contributed by atoms with van der Waals surface area (Å²) in [6.45, 7) is 2.25. The topological polar surface area (TPSA) is 20.3 Å². The van der Waals surface area contributed by atoms with Crippen LogP contribution in [-0.4, -0.2) is 29.8 Å². The lowest BCUT2D eigenvalue weighted by Gasteiger charge is -2.46. The van der Waals surface area contributed by atoms with Gasteiger partial charge in [-0.05, 0) is 45.6 Å². The number of nitrogens with zero attached hydrogens (tertiary/aromatic N) is 1. The highest BCUT2D eigenvalue weighted by molar-refractivity contribution is 5.83. The van der Waals surface area contributed by atoms with E-state index in [0.717, 1.165) is 12.8 Å². The largest absolute Gasteiger partial charge is 0.299 e. The molecule has 144 valence electrons. The minimum atomic E-state index is 0.361. The molecular formula is C23H41NO. The Kier molecular flexibility index (Phi) is 9.83. The Morgan fingerprint density at radius 1 is 0.960 bits per heavy atom. The summed E-state index contributed by atoms with van der Waals surface area (Å²) in [6.07, 6.45) is 23.6. The van der Waals surface area contributed by atoms with Crippen molar-refractivity contribution in [3.8, 4) is 0 Å². The van der Waals surface area contributed by atoms with Crippen molar-refractivity contribution in [3.05, 3.63) is 12.2 Å². The molecule has 1 saturated heterocycles. The van der Waals surface area contributed by atoms with Crippen LogP contribution in [0.3, 0.4) is 0 Å². The fourth-order valence-electron chi connectivity index (χ4n) is 4.81. The van der Waals surface area contributed by atoms with Gasteiger partial charge in [0.05, 0.1) is 0 Å². The Morgan fingerprint density at radius 3 is 2.44 bits per heavy atom. The van der Waals surface area contributed by atoms with Gasteiger partial charge in [-0.1, -0.05) is 70.4 Å². The van der Waals surface area contributed by atoms with Crippen LogP contribution in [0.15, 0.2) is 12.2 Å². The molecule has 1 aliphatic heterocycles. The third-order valence-corrected chi connectivity index (χ3v) is 6.48. The number of fused-ring (bicyclic) bond motifs is 1. The summed E-state index contributed by atoms with van der Waals surface area (Å²) in [4.78, 5) is 15.0. The molecule has 25 heavy (non-hydrogen) atoms. The number of carbonyl (C=O) groups is 1. The second-order valence-electron chi connectivity index (χ2n) is 8.41. The van der Waals surface area contributed by atoms with Gasteiger partial charge in [0.1, 0.15) is 5.78 Å². The molecule has 0 spiro atoms. The average molecular weight is 348 g/mol. The number of hydrogen-bond donors (Lipinski definition) is 0. The molecule has 0 bridgehead atoms. The zero-order valence-electron chi connectivity index (χ0n) is 16.8. The minimum Gasteiger partial charge on any atom is -0.299 e. The second-order valence-corrected chi connectivity index (χ2v) is 8.41. The predicted octanol–water partition coefficient (Wildman–Crippen LogP) is 6.30. The maximum Gasteiger partial charge on any atom is 0.139 e. The maximum absolute atomic E-state index is 12.5. The van der Waals surface area contributed by atoms with Crippen molar-refractivity contribution in [2.45, 2.75) is 115 Å². The van der Waals surface area contributed by atoms with Crippen molar-refractivity contribution in [1.29, 1.82) is 0 Å². The van der Waals surface area contributed by atoms with Gasteiger partial charge in [-0.3, -0.25) is 9.69 Å². The van der Waals surface area contributed by atoms with Gasteiger partial charge in [-0.2, -0.15) is 0 Å². The maximum atomic E-state index is 12.5. The number of carbonyl (C=O) groups excluding carboxylic acids is 1. The Labute approximate surface area is 156 Å². The molecule has 1 aliphatic carbocycles. The number of hydrogen-bond acceptors (Lipinski definition) is 2. The lowest BCUT2D eigenvalue weighted by molar-refractivity contribution is -0.133. The monoisotopic (exact) mass is 347 g/mol. The molecule has 2 rings (SSSR count). The van der Waals surface area contributed by atoms with Crippen LogP contribution in [0, 0.1) is 5.92 Å². The van der Waals surface area contributed by atoms with Crippen molar-refractivity contribution >= 4 is 5.78 Å². The SMILES string of the molecule is CCCCC=CCCCCCCCC1CC(=O)C2CCCCC2N1C. The van der Waals surface area contributed by atoms with Gasteiger partial charge < -0.3 is 0 Å². The Balaban J connectivity index is 1.53. The van der Waals surface area contributed by atoms with Crippen molar-refractivity contribution in [2.24, 2.45) is 5.92 Å². The van der Waals surface area contributed by atoms with E-state index in [4.69, 9.17) is 0 Å². The number of Topliss-reactive ketones (excluding diaryl/α,β-unsaturated/α-hetero) is 1. The van der Waals surface area contributed by atoms with Crippen LogP contribution in [0.2, 0.25) is 0 Å². The summed E-state index contributed by atoms with van der Waals surface area (Å²) in [5.41, 5.74) is 0. The fraction of sp³-hybridized carbons (Fsp3) is 0.870. The van der Waals surface area contributed by atoms with Crippen LogP contribution in [-0.2, 0) is 4.79 Å². The molecule has 0 N–H and O–H groups in total. The Hall–Kier alpha value is -0.630. The third kappa shape index (κ3) is 6.89. The zero-order chi connectivity index (χ0) is 17.9. The molecule has 2 fully saturated rings. The lowest BCUT2D eigenvalue weighted by Crippen LogP contribution is -2.53. The summed E-state index contributed by atoms with van der Waals surface area (Å²) in [5, 5.41) is 0. The van der Waals surface area contributed by atoms with Gasteiger partial charge in [0.25, 0.3) is 0 Å².